The van der Waals surface area contributed by atoms with Gasteiger partial charge in [-0.3, -0.25) is 0 Å². The first-order chi connectivity index (χ1) is 8.04. The first-order valence-corrected chi connectivity index (χ1v) is 6.72. The Balaban J connectivity index is 2.37. The smallest absolute Gasteiger partial charge is 0.00185 e. The second-order valence-electron chi connectivity index (χ2n) is 6.00. The molecule has 0 radical (unpaired) electrons. The fourth-order valence-electron chi connectivity index (χ4n) is 2.28. The maximum Gasteiger partial charge on any atom is -0.00185 e. The Hall–Kier alpha value is -0.820. The Morgan fingerprint density at radius 3 is 2.29 bits per heavy atom. The standard InChI is InChI=1S/C16H27N/c1-16(2,3)15(13-17-4)12-8-11-14-9-6-5-7-10-14/h5-7,9-10,15,17H,8,11-13H2,1-4H3. The fourth-order valence-corrected chi connectivity index (χ4v) is 2.28. The Kier molecular flexibility index (Phi) is 5.70. The summed E-state index contributed by atoms with van der Waals surface area (Å²) >= 11 is 0. The fraction of sp³-hybridized carbons (Fsp3) is 0.625. The van der Waals surface area contributed by atoms with E-state index in [-0.39, 0.29) is 0 Å². The molecule has 1 rings (SSSR count). The molecule has 1 atom stereocenters. The largest absolute Gasteiger partial charge is 0.319 e. The van der Waals surface area contributed by atoms with Crippen molar-refractivity contribution in [3.63, 3.8) is 0 Å². The third kappa shape index (κ3) is 5.36. The molecule has 0 heterocycles. The van der Waals surface area contributed by atoms with E-state index >= 15 is 0 Å². The van der Waals surface area contributed by atoms with E-state index in [1.807, 2.05) is 0 Å². The number of benzene rings is 1. The second-order valence-corrected chi connectivity index (χ2v) is 6.00. The van der Waals surface area contributed by atoms with Crippen LogP contribution < -0.4 is 5.32 Å². The molecule has 0 spiro atoms. The van der Waals surface area contributed by atoms with Gasteiger partial charge in [-0.15, -0.1) is 0 Å². The zero-order valence-corrected chi connectivity index (χ0v) is 11.8. The summed E-state index contributed by atoms with van der Waals surface area (Å²) in [6, 6.07) is 10.8. The van der Waals surface area contributed by atoms with Crippen LogP contribution >= 0.6 is 0 Å². The van der Waals surface area contributed by atoms with Gasteiger partial charge >= 0.3 is 0 Å². The van der Waals surface area contributed by atoms with Crippen LogP contribution in [0.5, 0.6) is 0 Å². The molecule has 1 aromatic carbocycles. The summed E-state index contributed by atoms with van der Waals surface area (Å²) in [7, 11) is 2.05. The quantitative estimate of drug-likeness (QED) is 0.786. The van der Waals surface area contributed by atoms with Gasteiger partial charge in [0, 0.05) is 0 Å². The van der Waals surface area contributed by atoms with E-state index in [4.69, 9.17) is 0 Å². The predicted molar refractivity (Wildman–Crippen MR) is 76.3 cm³/mol. The van der Waals surface area contributed by atoms with Gasteiger partial charge in [0.1, 0.15) is 0 Å². The Morgan fingerprint density at radius 2 is 1.76 bits per heavy atom. The highest BCUT2D eigenvalue weighted by molar-refractivity contribution is 5.14. The van der Waals surface area contributed by atoms with Gasteiger partial charge < -0.3 is 5.32 Å². The number of nitrogens with one attached hydrogen (secondary N) is 1. The average molecular weight is 233 g/mol. The lowest BCUT2D eigenvalue weighted by Gasteiger charge is -2.30. The zero-order valence-electron chi connectivity index (χ0n) is 11.8. The van der Waals surface area contributed by atoms with Crippen molar-refractivity contribution in [3.05, 3.63) is 35.9 Å². The lowest BCUT2D eigenvalue weighted by molar-refractivity contribution is 0.218. The zero-order chi connectivity index (χ0) is 12.7. The first kappa shape index (κ1) is 14.2. The van der Waals surface area contributed by atoms with Crippen molar-refractivity contribution in [3.8, 4) is 0 Å². The van der Waals surface area contributed by atoms with Gasteiger partial charge in [0.15, 0.2) is 0 Å². The van der Waals surface area contributed by atoms with Crippen LogP contribution in [0, 0.1) is 11.3 Å². The van der Waals surface area contributed by atoms with Crippen molar-refractivity contribution in [2.75, 3.05) is 13.6 Å². The highest BCUT2D eigenvalue weighted by atomic mass is 14.8. The van der Waals surface area contributed by atoms with Crippen LogP contribution in [0.15, 0.2) is 30.3 Å². The lowest BCUT2D eigenvalue weighted by Crippen LogP contribution is -2.30. The average Bonchev–Trinajstić information content (AvgIpc) is 2.28. The lowest BCUT2D eigenvalue weighted by atomic mass is 9.77. The molecule has 1 aromatic rings. The second kappa shape index (κ2) is 6.80. The molecule has 0 fully saturated rings. The maximum absolute atomic E-state index is 3.32. The van der Waals surface area contributed by atoms with Crippen LogP contribution in [0.4, 0.5) is 0 Å². The van der Waals surface area contributed by atoms with E-state index in [0.717, 1.165) is 12.5 Å². The Labute approximate surface area is 107 Å². The molecule has 1 heteroatoms. The topological polar surface area (TPSA) is 12.0 Å². The molecule has 1 N–H and O–H groups in total. The van der Waals surface area contributed by atoms with E-state index in [9.17, 15) is 0 Å². The highest BCUT2D eigenvalue weighted by Crippen LogP contribution is 2.29. The number of rotatable bonds is 6. The van der Waals surface area contributed by atoms with Crippen LogP contribution in [0.2, 0.25) is 0 Å². The molecule has 0 aliphatic carbocycles. The molecule has 96 valence electrons. The van der Waals surface area contributed by atoms with Crippen molar-refractivity contribution in [2.24, 2.45) is 11.3 Å². The third-order valence-electron chi connectivity index (χ3n) is 3.54. The first-order valence-electron chi connectivity index (χ1n) is 6.72. The van der Waals surface area contributed by atoms with Crippen molar-refractivity contribution in [2.45, 2.75) is 40.0 Å². The van der Waals surface area contributed by atoms with Crippen LogP contribution in [0.25, 0.3) is 0 Å². The molecular formula is C16H27N. The molecule has 0 aliphatic rings. The van der Waals surface area contributed by atoms with Gasteiger partial charge in [0.2, 0.25) is 0 Å². The van der Waals surface area contributed by atoms with Crippen molar-refractivity contribution in [1.29, 1.82) is 0 Å². The molecule has 17 heavy (non-hydrogen) atoms. The van der Waals surface area contributed by atoms with Crippen LogP contribution in [0.3, 0.4) is 0 Å². The predicted octanol–water partition coefficient (Wildman–Crippen LogP) is 3.89. The molecular weight excluding hydrogens is 206 g/mol. The van der Waals surface area contributed by atoms with Crippen molar-refractivity contribution < 1.29 is 0 Å². The molecule has 0 amide bonds. The van der Waals surface area contributed by atoms with Crippen molar-refractivity contribution >= 4 is 0 Å². The summed E-state index contributed by atoms with van der Waals surface area (Å²) in [6.07, 6.45) is 3.80. The van der Waals surface area contributed by atoms with Crippen LogP contribution in [-0.2, 0) is 6.42 Å². The van der Waals surface area contributed by atoms with Gasteiger partial charge in [-0.05, 0) is 49.8 Å². The Bertz CT molecular complexity index is 297. The molecule has 0 saturated carbocycles. The highest BCUT2D eigenvalue weighted by Gasteiger charge is 2.23. The number of hydrogen-bond donors (Lipinski definition) is 1. The summed E-state index contributed by atoms with van der Waals surface area (Å²) in [5.41, 5.74) is 1.87. The summed E-state index contributed by atoms with van der Waals surface area (Å²) in [6.45, 7) is 8.16. The normalized spacial score (nSPS) is 13.6. The number of aryl methyl sites for hydroxylation is 1. The minimum Gasteiger partial charge on any atom is -0.319 e. The van der Waals surface area contributed by atoms with Gasteiger partial charge in [0.05, 0.1) is 0 Å². The van der Waals surface area contributed by atoms with Gasteiger partial charge in [-0.2, -0.15) is 0 Å². The van der Waals surface area contributed by atoms with Crippen LogP contribution in [0.1, 0.15) is 39.2 Å². The van der Waals surface area contributed by atoms with E-state index in [2.05, 4.69) is 63.5 Å². The third-order valence-corrected chi connectivity index (χ3v) is 3.54. The van der Waals surface area contributed by atoms with E-state index < -0.39 is 0 Å². The van der Waals surface area contributed by atoms with Gasteiger partial charge in [-0.1, -0.05) is 51.1 Å². The SMILES string of the molecule is CNCC(CCCc1ccccc1)C(C)(C)C. The molecule has 0 bridgehead atoms. The molecule has 0 saturated heterocycles. The molecule has 0 aliphatic heterocycles. The van der Waals surface area contributed by atoms with E-state index in [0.29, 0.717) is 5.41 Å². The summed E-state index contributed by atoms with van der Waals surface area (Å²) in [5, 5.41) is 3.32. The minimum absolute atomic E-state index is 0.402. The van der Waals surface area contributed by atoms with Gasteiger partial charge in [-0.25, -0.2) is 0 Å². The maximum atomic E-state index is 3.32. The summed E-state index contributed by atoms with van der Waals surface area (Å²) in [5.74, 6) is 0.760. The summed E-state index contributed by atoms with van der Waals surface area (Å²) in [4.78, 5) is 0. The van der Waals surface area contributed by atoms with E-state index in [1.54, 1.807) is 0 Å². The summed E-state index contributed by atoms with van der Waals surface area (Å²) < 4.78 is 0. The van der Waals surface area contributed by atoms with Crippen molar-refractivity contribution in [1.82, 2.24) is 5.32 Å². The molecule has 0 aromatic heterocycles. The Morgan fingerprint density at radius 1 is 1.12 bits per heavy atom. The minimum atomic E-state index is 0.402. The number of hydrogen-bond acceptors (Lipinski definition) is 1. The van der Waals surface area contributed by atoms with Gasteiger partial charge in [0.25, 0.3) is 0 Å². The molecule has 1 nitrogen and oxygen atoms in total. The van der Waals surface area contributed by atoms with E-state index in [1.165, 1.54) is 24.8 Å². The van der Waals surface area contributed by atoms with Crippen LogP contribution in [-0.4, -0.2) is 13.6 Å². The molecule has 1 unspecified atom stereocenters. The monoisotopic (exact) mass is 233 g/mol.